The SMILES string of the molecule is CCC(CC)N(CCOC)C(=O)[C@H](N)Cc1ccccc1. The second kappa shape index (κ2) is 9.53. The van der Waals surface area contributed by atoms with Crippen molar-refractivity contribution in [3.05, 3.63) is 35.9 Å². The van der Waals surface area contributed by atoms with Gasteiger partial charge in [-0.2, -0.15) is 0 Å². The Hall–Kier alpha value is -1.39. The molecule has 0 bridgehead atoms. The number of rotatable bonds is 9. The van der Waals surface area contributed by atoms with Gasteiger partial charge in [0.1, 0.15) is 0 Å². The number of nitrogens with two attached hydrogens (primary N) is 1. The molecule has 21 heavy (non-hydrogen) atoms. The lowest BCUT2D eigenvalue weighted by Crippen LogP contribution is -2.50. The van der Waals surface area contributed by atoms with Crippen LogP contribution in [0.3, 0.4) is 0 Å². The third kappa shape index (κ3) is 5.48. The van der Waals surface area contributed by atoms with Crippen molar-refractivity contribution in [1.29, 1.82) is 0 Å². The van der Waals surface area contributed by atoms with E-state index in [0.29, 0.717) is 19.6 Å². The fraction of sp³-hybridized carbons (Fsp3) is 0.588. The minimum Gasteiger partial charge on any atom is -0.383 e. The van der Waals surface area contributed by atoms with Gasteiger partial charge in [-0.3, -0.25) is 4.79 Å². The number of hydrogen-bond donors (Lipinski definition) is 1. The second-order valence-electron chi connectivity index (χ2n) is 5.29. The number of hydrogen-bond acceptors (Lipinski definition) is 3. The summed E-state index contributed by atoms with van der Waals surface area (Å²) < 4.78 is 5.12. The number of methoxy groups -OCH3 is 1. The Morgan fingerprint density at radius 3 is 2.38 bits per heavy atom. The Balaban J connectivity index is 2.73. The van der Waals surface area contributed by atoms with Gasteiger partial charge < -0.3 is 15.4 Å². The summed E-state index contributed by atoms with van der Waals surface area (Å²) in [4.78, 5) is 14.5. The molecule has 1 rings (SSSR count). The monoisotopic (exact) mass is 292 g/mol. The summed E-state index contributed by atoms with van der Waals surface area (Å²) >= 11 is 0. The van der Waals surface area contributed by atoms with Crippen LogP contribution < -0.4 is 5.73 Å². The topological polar surface area (TPSA) is 55.6 Å². The van der Waals surface area contributed by atoms with Gasteiger partial charge in [0.05, 0.1) is 12.6 Å². The summed E-state index contributed by atoms with van der Waals surface area (Å²) in [5.41, 5.74) is 7.23. The number of carbonyl (C=O) groups is 1. The third-order valence-corrected chi connectivity index (χ3v) is 3.82. The van der Waals surface area contributed by atoms with Gasteiger partial charge >= 0.3 is 0 Å². The molecule has 0 fully saturated rings. The van der Waals surface area contributed by atoms with Gasteiger partial charge in [-0.25, -0.2) is 0 Å². The fourth-order valence-corrected chi connectivity index (χ4v) is 2.56. The number of nitrogens with zero attached hydrogens (tertiary/aromatic N) is 1. The number of ether oxygens (including phenoxy) is 1. The largest absolute Gasteiger partial charge is 0.383 e. The van der Waals surface area contributed by atoms with Crippen LogP contribution in [0.4, 0.5) is 0 Å². The molecule has 0 saturated carbocycles. The molecule has 2 N–H and O–H groups in total. The molecule has 1 atom stereocenters. The first-order chi connectivity index (χ1) is 10.1. The lowest BCUT2D eigenvalue weighted by Gasteiger charge is -2.32. The number of benzene rings is 1. The van der Waals surface area contributed by atoms with E-state index in [1.807, 2.05) is 35.2 Å². The number of amides is 1. The smallest absolute Gasteiger partial charge is 0.240 e. The molecule has 0 heterocycles. The lowest BCUT2D eigenvalue weighted by atomic mass is 10.0. The Bertz CT molecular complexity index is 405. The van der Waals surface area contributed by atoms with Gasteiger partial charge in [0, 0.05) is 19.7 Å². The molecule has 4 nitrogen and oxygen atoms in total. The predicted molar refractivity (Wildman–Crippen MR) is 86.1 cm³/mol. The Morgan fingerprint density at radius 1 is 1.24 bits per heavy atom. The molecule has 0 unspecified atom stereocenters. The van der Waals surface area contributed by atoms with E-state index in [4.69, 9.17) is 10.5 Å². The van der Waals surface area contributed by atoms with E-state index in [2.05, 4.69) is 13.8 Å². The van der Waals surface area contributed by atoms with Crippen LogP contribution >= 0.6 is 0 Å². The van der Waals surface area contributed by atoms with Crippen molar-refractivity contribution in [3.63, 3.8) is 0 Å². The summed E-state index contributed by atoms with van der Waals surface area (Å²) in [6, 6.07) is 9.64. The van der Waals surface area contributed by atoms with E-state index in [9.17, 15) is 4.79 Å². The normalized spacial score (nSPS) is 12.4. The maximum atomic E-state index is 12.7. The third-order valence-electron chi connectivity index (χ3n) is 3.82. The van der Waals surface area contributed by atoms with Gasteiger partial charge in [0.25, 0.3) is 0 Å². The molecule has 0 aliphatic carbocycles. The predicted octanol–water partition coefficient (Wildman–Crippen LogP) is 2.22. The molecule has 4 heteroatoms. The first-order valence-corrected chi connectivity index (χ1v) is 7.72. The second-order valence-corrected chi connectivity index (χ2v) is 5.29. The Labute approximate surface area is 128 Å². The molecule has 0 saturated heterocycles. The van der Waals surface area contributed by atoms with Gasteiger partial charge in [-0.15, -0.1) is 0 Å². The van der Waals surface area contributed by atoms with Crippen LogP contribution in [0.2, 0.25) is 0 Å². The van der Waals surface area contributed by atoms with E-state index in [0.717, 1.165) is 18.4 Å². The van der Waals surface area contributed by atoms with Crippen LogP contribution in [0.15, 0.2) is 30.3 Å². The molecular weight excluding hydrogens is 264 g/mol. The van der Waals surface area contributed by atoms with E-state index < -0.39 is 6.04 Å². The average Bonchev–Trinajstić information content (AvgIpc) is 2.51. The summed E-state index contributed by atoms with van der Waals surface area (Å²) in [6.07, 6.45) is 2.44. The van der Waals surface area contributed by atoms with Crippen molar-refractivity contribution < 1.29 is 9.53 Å². The molecule has 0 aliphatic rings. The Kier molecular flexibility index (Phi) is 8.01. The minimum absolute atomic E-state index is 0.0182. The molecule has 1 aromatic rings. The quantitative estimate of drug-likeness (QED) is 0.759. The van der Waals surface area contributed by atoms with Crippen LogP contribution in [0.5, 0.6) is 0 Å². The van der Waals surface area contributed by atoms with Crippen LogP contribution in [0.25, 0.3) is 0 Å². The van der Waals surface area contributed by atoms with E-state index in [-0.39, 0.29) is 11.9 Å². The molecule has 0 aromatic heterocycles. The van der Waals surface area contributed by atoms with Crippen molar-refractivity contribution in [2.75, 3.05) is 20.3 Å². The molecule has 0 aliphatic heterocycles. The van der Waals surface area contributed by atoms with Gasteiger partial charge in [-0.05, 0) is 24.8 Å². The van der Waals surface area contributed by atoms with E-state index in [1.165, 1.54) is 0 Å². The highest BCUT2D eigenvalue weighted by atomic mass is 16.5. The van der Waals surface area contributed by atoms with Crippen LogP contribution in [-0.2, 0) is 16.0 Å². The average molecular weight is 292 g/mol. The first-order valence-electron chi connectivity index (χ1n) is 7.72. The molecule has 1 amide bonds. The molecule has 118 valence electrons. The highest BCUT2D eigenvalue weighted by Crippen LogP contribution is 2.12. The number of carbonyl (C=O) groups excluding carboxylic acids is 1. The summed E-state index contributed by atoms with van der Waals surface area (Å²) in [6.45, 7) is 5.35. The van der Waals surface area contributed by atoms with E-state index in [1.54, 1.807) is 7.11 Å². The Morgan fingerprint density at radius 2 is 1.86 bits per heavy atom. The zero-order valence-electron chi connectivity index (χ0n) is 13.4. The molecule has 1 aromatic carbocycles. The maximum absolute atomic E-state index is 12.7. The summed E-state index contributed by atoms with van der Waals surface area (Å²) in [5.74, 6) is 0.0182. The van der Waals surface area contributed by atoms with Crippen LogP contribution in [0, 0.1) is 0 Å². The maximum Gasteiger partial charge on any atom is 0.240 e. The zero-order valence-corrected chi connectivity index (χ0v) is 13.4. The zero-order chi connectivity index (χ0) is 15.7. The molecule has 0 radical (unpaired) electrons. The summed E-state index contributed by atoms with van der Waals surface area (Å²) in [5, 5.41) is 0. The van der Waals surface area contributed by atoms with Gasteiger partial charge in [0.15, 0.2) is 0 Å². The highest BCUT2D eigenvalue weighted by Gasteiger charge is 2.25. The van der Waals surface area contributed by atoms with Crippen molar-refractivity contribution in [2.24, 2.45) is 5.73 Å². The van der Waals surface area contributed by atoms with Crippen LogP contribution in [-0.4, -0.2) is 43.2 Å². The fourth-order valence-electron chi connectivity index (χ4n) is 2.56. The highest BCUT2D eigenvalue weighted by molar-refractivity contribution is 5.82. The van der Waals surface area contributed by atoms with Crippen molar-refractivity contribution in [2.45, 2.75) is 45.2 Å². The van der Waals surface area contributed by atoms with Gasteiger partial charge in [0.2, 0.25) is 5.91 Å². The standard InChI is InChI=1S/C17H28N2O2/c1-4-15(5-2)19(11-12-21-3)17(20)16(18)13-14-9-7-6-8-10-14/h6-10,15-16H,4-5,11-13,18H2,1-3H3/t16-/m1/s1. The first kappa shape index (κ1) is 17.7. The molecule has 0 spiro atoms. The van der Waals surface area contributed by atoms with Crippen molar-refractivity contribution in [1.82, 2.24) is 4.90 Å². The van der Waals surface area contributed by atoms with Crippen LogP contribution in [0.1, 0.15) is 32.3 Å². The summed E-state index contributed by atoms with van der Waals surface area (Å²) in [7, 11) is 1.65. The molecular formula is C17H28N2O2. The minimum atomic E-state index is -0.496. The van der Waals surface area contributed by atoms with E-state index >= 15 is 0 Å². The lowest BCUT2D eigenvalue weighted by molar-refractivity contribution is -0.135. The van der Waals surface area contributed by atoms with Gasteiger partial charge in [-0.1, -0.05) is 44.2 Å². The van der Waals surface area contributed by atoms with Crippen molar-refractivity contribution in [3.8, 4) is 0 Å². The van der Waals surface area contributed by atoms with Crippen molar-refractivity contribution >= 4 is 5.91 Å².